The number of hydrogen-bond donors (Lipinski definition) is 0. The molecule has 1 aliphatic heterocycles. The zero-order valence-electron chi connectivity index (χ0n) is 8.24. The molecule has 1 aliphatic rings. The molecule has 2 rings (SSSR count). The average molecular weight is 231 g/mol. The normalized spacial score (nSPS) is 22.1. The minimum atomic E-state index is -2.67. The van der Waals surface area contributed by atoms with Crippen molar-refractivity contribution in [3.63, 3.8) is 0 Å². The summed E-state index contributed by atoms with van der Waals surface area (Å²) in [4.78, 5) is 0.588. The van der Waals surface area contributed by atoms with Crippen LogP contribution in [0.5, 0.6) is 0 Å². The van der Waals surface area contributed by atoms with E-state index in [-0.39, 0.29) is 0 Å². The maximum Gasteiger partial charge on any atom is 0.275 e. The van der Waals surface area contributed by atoms with E-state index >= 15 is 0 Å². The summed E-state index contributed by atoms with van der Waals surface area (Å²) in [7, 11) is -1.44. The van der Waals surface area contributed by atoms with Crippen LogP contribution in [-0.4, -0.2) is 27.5 Å². The van der Waals surface area contributed by atoms with Crippen molar-refractivity contribution in [3.8, 4) is 0 Å². The second-order valence-electron chi connectivity index (χ2n) is 3.72. The van der Waals surface area contributed by atoms with Crippen LogP contribution in [0.2, 0.25) is 0 Å². The van der Waals surface area contributed by atoms with E-state index in [0.717, 1.165) is 5.56 Å². The Bertz CT molecular complexity index is 400. The lowest BCUT2D eigenvalue weighted by atomic mass is 10.2. The third kappa shape index (κ3) is 2.23. The Labute approximate surface area is 89.5 Å². The number of benzene rings is 1. The summed E-state index contributed by atoms with van der Waals surface area (Å²) in [5, 5.41) is 0. The third-order valence-electron chi connectivity index (χ3n) is 2.24. The fourth-order valence-electron chi connectivity index (χ4n) is 1.46. The van der Waals surface area contributed by atoms with Crippen molar-refractivity contribution in [1.82, 2.24) is 4.31 Å². The van der Waals surface area contributed by atoms with Crippen molar-refractivity contribution < 1.29 is 13.0 Å². The van der Waals surface area contributed by atoms with Crippen LogP contribution in [0.3, 0.4) is 0 Å². The van der Waals surface area contributed by atoms with Crippen molar-refractivity contribution in [2.45, 2.75) is 17.7 Å². The summed E-state index contributed by atoms with van der Waals surface area (Å²) < 4.78 is 38.2. The molecule has 0 aromatic heterocycles. The molecule has 1 fully saturated rings. The summed E-state index contributed by atoms with van der Waals surface area (Å²) in [6.07, 6.45) is 0. The molecule has 0 bridgehead atoms. The highest BCUT2D eigenvalue weighted by Gasteiger charge is 2.46. The lowest BCUT2D eigenvalue weighted by Crippen LogP contribution is -2.56. The maximum absolute atomic E-state index is 12.6. The molecule has 0 spiro atoms. The first kappa shape index (κ1) is 10.7. The predicted octanol–water partition coefficient (Wildman–Crippen LogP) is 1.97. The van der Waals surface area contributed by atoms with Crippen LogP contribution < -0.4 is 0 Å². The summed E-state index contributed by atoms with van der Waals surface area (Å²) in [5.41, 5.74) is 0.980. The first-order valence-electron chi connectivity index (χ1n) is 4.59. The van der Waals surface area contributed by atoms with Gasteiger partial charge >= 0.3 is 0 Å². The fourth-order valence-corrected chi connectivity index (χ4v) is 2.85. The van der Waals surface area contributed by atoms with Gasteiger partial charge in [-0.05, 0) is 24.6 Å². The van der Waals surface area contributed by atoms with Gasteiger partial charge in [0.1, 0.15) is 11.0 Å². The molecule has 1 atom stereocenters. The second kappa shape index (κ2) is 3.64. The fraction of sp³-hybridized carbons (Fsp3) is 0.400. The SMILES string of the molecule is Cc1cccc(S(=O)N2CC(F)(F)C2)c1. The molecule has 0 N–H and O–H groups in total. The van der Waals surface area contributed by atoms with Gasteiger partial charge in [-0.1, -0.05) is 12.1 Å². The van der Waals surface area contributed by atoms with Crippen LogP contribution >= 0.6 is 0 Å². The van der Waals surface area contributed by atoms with E-state index in [1.807, 2.05) is 13.0 Å². The van der Waals surface area contributed by atoms with E-state index in [1.165, 1.54) is 4.31 Å². The van der Waals surface area contributed by atoms with E-state index in [9.17, 15) is 13.0 Å². The zero-order chi connectivity index (χ0) is 11.1. The standard InChI is InChI=1S/C10H11F2NOS/c1-8-3-2-4-9(5-8)15(14)13-6-10(11,12)7-13/h2-5H,6-7H2,1H3. The van der Waals surface area contributed by atoms with Crippen molar-refractivity contribution in [1.29, 1.82) is 0 Å². The Morgan fingerprint density at radius 3 is 2.60 bits per heavy atom. The summed E-state index contributed by atoms with van der Waals surface area (Å²) in [6.45, 7) is 1.06. The number of hydrogen-bond acceptors (Lipinski definition) is 1. The van der Waals surface area contributed by atoms with Crippen molar-refractivity contribution in [3.05, 3.63) is 29.8 Å². The largest absolute Gasteiger partial charge is 0.275 e. The lowest BCUT2D eigenvalue weighted by molar-refractivity contribution is -0.0926. The molecule has 82 valence electrons. The number of rotatable bonds is 2. The topological polar surface area (TPSA) is 20.3 Å². The van der Waals surface area contributed by atoms with E-state index in [4.69, 9.17) is 0 Å². The first-order valence-corrected chi connectivity index (χ1v) is 5.70. The highest BCUT2D eigenvalue weighted by atomic mass is 32.2. The van der Waals surface area contributed by atoms with Crippen LogP contribution in [0.1, 0.15) is 5.56 Å². The molecule has 2 nitrogen and oxygen atoms in total. The molecule has 0 saturated carbocycles. The van der Waals surface area contributed by atoms with Crippen LogP contribution in [0, 0.1) is 6.92 Å². The van der Waals surface area contributed by atoms with Crippen molar-refractivity contribution >= 4 is 11.0 Å². The summed E-state index contributed by atoms with van der Waals surface area (Å²) in [5.74, 6) is -2.67. The van der Waals surface area contributed by atoms with E-state index in [1.54, 1.807) is 18.2 Å². The van der Waals surface area contributed by atoms with Crippen LogP contribution in [-0.2, 0) is 11.0 Å². The van der Waals surface area contributed by atoms with Crippen LogP contribution in [0.15, 0.2) is 29.2 Å². The van der Waals surface area contributed by atoms with Gasteiger partial charge < -0.3 is 0 Å². The summed E-state index contributed by atoms with van der Waals surface area (Å²) >= 11 is 0. The highest BCUT2D eigenvalue weighted by molar-refractivity contribution is 7.82. The van der Waals surface area contributed by atoms with Gasteiger partial charge in [-0.2, -0.15) is 0 Å². The third-order valence-corrected chi connectivity index (χ3v) is 3.63. The van der Waals surface area contributed by atoms with Gasteiger partial charge in [0.2, 0.25) is 0 Å². The van der Waals surface area contributed by atoms with Crippen molar-refractivity contribution in [2.24, 2.45) is 0 Å². The maximum atomic E-state index is 12.6. The molecular formula is C10H11F2NOS. The number of halogens is 2. The number of alkyl halides is 2. The molecule has 0 amide bonds. The molecule has 1 unspecified atom stereocenters. The quantitative estimate of drug-likeness (QED) is 0.762. The van der Waals surface area contributed by atoms with Gasteiger partial charge in [-0.15, -0.1) is 0 Å². The second-order valence-corrected chi connectivity index (χ2v) is 5.21. The summed E-state index contributed by atoms with van der Waals surface area (Å²) in [6, 6.07) is 7.11. The monoisotopic (exact) mass is 231 g/mol. The number of nitrogens with zero attached hydrogens (tertiary/aromatic N) is 1. The van der Waals surface area contributed by atoms with E-state index < -0.39 is 30.0 Å². The smallest absolute Gasteiger partial charge is 0.237 e. The average Bonchev–Trinajstić information content (AvgIpc) is 2.13. The Balaban J connectivity index is 2.10. The molecule has 15 heavy (non-hydrogen) atoms. The van der Waals surface area contributed by atoms with Crippen LogP contribution in [0.25, 0.3) is 0 Å². The minimum Gasteiger partial charge on any atom is -0.237 e. The number of aryl methyl sites for hydroxylation is 1. The van der Waals surface area contributed by atoms with Gasteiger partial charge in [0.25, 0.3) is 5.92 Å². The van der Waals surface area contributed by atoms with Gasteiger partial charge in [0.05, 0.1) is 18.0 Å². The molecular weight excluding hydrogens is 220 g/mol. The first-order chi connectivity index (χ1) is 6.98. The molecule has 1 heterocycles. The zero-order valence-corrected chi connectivity index (χ0v) is 9.06. The Morgan fingerprint density at radius 2 is 2.07 bits per heavy atom. The van der Waals surface area contributed by atoms with Crippen LogP contribution in [0.4, 0.5) is 8.78 Å². The van der Waals surface area contributed by atoms with E-state index in [2.05, 4.69) is 0 Å². The van der Waals surface area contributed by atoms with Gasteiger partial charge in [0, 0.05) is 0 Å². The molecule has 5 heteroatoms. The Hall–Kier alpha value is -0.810. The minimum absolute atomic E-state index is 0.409. The van der Waals surface area contributed by atoms with Crippen molar-refractivity contribution in [2.75, 3.05) is 13.1 Å². The molecule has 1 saturated heterocycles. The van der Waals surface area contributed by atoms with Gasteiger partial charge in [-0.25, -0.2) is 17.3 Å². The highest BCUT2D eigenvalue weighted by Crippen LogP contribution is 2.30. The Morgan fingerprint density at radius 1 is 1.40 bits per heavy atom. The van der Waals surface area contributed by atoms with E-state index in [0.29, 0.717) is 4.90 Å². The lowest BCUT2D eigenvalue weighted by Gasteiger charge is -2.37. The predicted molar refractivity (Wildman–Crippen MR) is 54.1 cm³/mol. The Kier molecular flexibility index (Phi) is 2.60. The van der Waals surface area contributed by atoms with Gasteiger partial charge in [-0.3, -0.25) is 0 Å². The molecule has 1 aromatic rings. The molecule has 1 aromatic carbocycles. The molecule has 0 radical (unpaired) electrons. The van der Waals surface area contributed by atoms with Gasteiger partial charge in [0.15, 0.2) is 0 Å². The molecule has 0 aliphatic carbocycles.